The van der Waals surface area contributed by atoms with Gasteiger partial charge in [-0.1, -0.05) is 19.4 Å². The summed E-state index contributed by atoms with van der Waals surface area (Å²) in [6.07, 6.45) is 8.50. The first kappa shape index (κ1) is 18.4. The molecule has 4 nitrogen and oxygen atoms in total. The van der Waals surface area contributed by atoms with Crippen LogP contribution < -0.4 is 9.80 Å². The maximum Gasteiger partial charge on any atom is 0.0914 e. The molecule has 0 N–H and O–H groups in total. The molecule has 2 aliphatic rings. The van der Waals surface area contributed by atoms with Crippen LogP contribution in [-0.4, -0.2) is 37.2 Å². The number of hydrogen-bond donors (Lipinski definition) is 0. The molecule has 1 aliphatic heterocycles. The fourth-order valence-electron chi connectivity index (χ4n) is 4.88. The van der Waals surface area contributed by atoms with Crippen molar-refractivity contribution in [1.29, 1.82) is 0 Å². The molecular weight excluding hydrogens is 356 g/mol. The molecule has 1 aliphatic carbocycles. The Morgan fingerprint density at radius 2 is 1.90 bits per heavy atom. The maximum absolute atomic E-state index is 5.03. The van der Waals surface area contributed by atoms with Crippen LogP contribution in [0.25, 0.3) is 22.3 Å². The van der Waals surface area contributed by atoms with Crippen molar-refractivity contribution >= 4 is 22.3 Å². The third-order valence-electron chi connectivity index (χ3n) is 6.98. The summed E-state index contributed by atoms with van der Waals surface area (Å²) in [6.45, 7) is 4.49. The number of benzene rings is 1. The number of pyridine rings is 2. The minimum absolute atomic E-state index is 0.570. The Morgan fingerprint density at radius 3 is 2.52 bits per heavy atom. The monoisotopic (exact) mass is 386 g/mol. The molecule has 0 unspecified atom stereocenters. The van der Waals surface area contributed by atoms with Gasteiger partial charge in [-0.25, -0.2) is 4.98 Å². The van der Waals surface area contributed by atoms with Crippen molar-refractivity contribution in [3.8, 4) is 11.4 Å². The van der Waals surface area contributed by atoms with E-state index in [9.17, 15) is 0 Å². The van der Waals surface area contributed by atoms with E-state index in [0.717, 1.165) is 29.9 Å². The van der Waals surface area contributed by atoms with E-state index in [1.54, 1.807) is 0 Å². The van der Waals surface area contributed by atoms with Crippen molar-refractivity contribution in [1.82, 2.24) is 9.97 Å². The van der Waals surface area contributed by atoms with E-state index in [1.165, 1.54) is 54.6 Å². The Balaban J connectivity index is 1.63. The second-order valence-electron chi connectivity index (χ2n) is 9.05. The molecule has 3 heterocycles. The lowest BCUT2D eigenvalue weighted by Gasteiger charge is -2.38. The van der Waals surface area contributed by atoms with E-state index in [0.29, 0.717) is 5.41 Å². The highest BCUT2D eigenvalue weighted by atomic mass is 15.2. The van der Waals surface area contributed by atoms with E-state index in [4.69, 9.17) is 9.97 Å². The molecule has 4 heteroatoms. The second-order valence-corrected chi connectivity index (χ2v) is 9.05. The number of aromatic nitrogens is 2. The summed E-state index contributed by atoms with van der Waals surface area (Å²) in [5.74, 6) is 0. The number of rotatable bonds is 4. The van der Waals surface area contributed by atoms with Gasteiger partial charge in [0.1, 0.15) is 0 Å². The Kier molecular flexibility index (Phi) is 4.45. The third kappa shape index (κ3) is 3.25. The summed E-state index contributed by atoms with van der Waals surface area (Å²) >= 11 is 0. The highest BCUT2D eigenvalue weighted by Gasteiger charge is 2.43. The lowest BCUT2D eigenvalue weighted by Crippen LogP contribution is -2.33. The topological polar surface area (TPSA) is 32.3 Å². The first-order valence-corrected chi connectivity index (χ1v) is 10.9. The molecule has 1 saturated heterocycles. The molecule has 1 aromatic carbocycles. The first-order valence-electron chi connectivity index (χ1n) is 10.9. The minimum Gasteiger partial charge on any atom is -0.378 e. The number of anilines is 2. The van der Waals surface area contributed by atoms with Crippen LogP contribution >= 0.6 is 0 Å². The first-order chi connectivity index (χ1) is 14.1. The van der Waals surface area contributed by atoms with Crippen LogP contribution in [0.5, 0.6) is 0 Å². The molecular formula is C25H30N4. The van der Waals surface area contributed by atoms with Gasteiger partial charge in [-0.2, -0.15) is 0 Å². The summed E-state index contributed by atoms with van der Waals surface area (Å²) in [7, 11) is 4.16. The largest absolute Gasteiger partial charge is 0.378 e. The summed E-state index contributed by atoms with van der Waals surface area (Å²) in [6, 6.07) is 13.2. The molecule has 2 fully saturated rings. The van der Waals surface area contributed by atoms with Gasteiger partial charge in [-0.15, -0.1) is 0 Å². The Morgan fingerprint density at radius 1 is 1.03 bits per heavy atom. The third-order valence-corrected chi connectivity index (χ3v) is 6.98. The van der Waals surface area contributed by atoms with Crippen molar-refractivity contribution in [2.24, 2.45) is 5.41 Å². The van der Waals surface area contributed by atoms with Crippen molar-refractivity contribution in [3.63, 3.8) is 0 Å². The van der Waals surface area contributed by atoms with E-state index < -0.39 is 0 Å². The molecule has 3 aromatic rings. The Labute approximate surface area is 173 Å². The van der Waals surface area contributed by atoms with Gasteiger partial charge in [0.2, 0.25) is 0 Å². The van der Waals surface area contributed by atoms with Crippen LogP contribution in [0.2, 0.25) is 0 Å². The number of aryl methyl sites for hydroxylation is 1. The molecule has 0 amide bonds. The predicted molar refractivity (Wildman–Crippen MR) is 122 cm³/mol. The van der Waals surface area contributed by atoms with Gasteiger partial charge in [-0.05, 0) is 67.0 Å². The number of fused-ring (bicyclic) bond motifs is 1. The van der Waals surface area contributed by atoms with Crippen molar-refractivity contribution in [2.75, 3.05) is 37.0 Å². The zero-order valence-electron chi connectivity index (χ0n) is 17.8. The number of hydrogen-bond acceptors (Lipinski definition) is 4. The number of nitrogens with zero attached hydrogens (tertiary/aromatic N) is 4. The highest BCUT2D eigenvalue weighted by molar-refractivity contribution is 5.96. The standard InChI is InChI=1S/C25H30N4/c1-4-18-6-9-21(26-16-18)23-15-24(29-13-12-25(17-29)10-5-11-25)20-8-7-19(28(2)3)14-22(20)27-23/h6-9,14-16H,4-5,10-13,17H2,1-3H3. The second kappa shape index (κ2) is 7.01. The summed E-state index contributed by atoms with van der Waals surface area (Å²) in [5.41, 5.74) is 7.31. The van der Waals surface area contributed by atoms with Crippen molar-refractivity contribution < 1.29 is 0 Å². The molecule has 0 radical (unpaired) electrons. The van der Waals surface area contributed by atoms with Gasteiger partial charge >= 0.3 is 0 Å². The zero-order chi connectivity index (χ0) is 20.0. The molecule has 1 spiro atoms. The summed E-state index contributed by atoms with van der Waals surface area (Å²) in [5, 5.41) is 1.25. The Hall–Kier alpha value is -2.62. The molecule has 0 bridgehead atoms. The molecule has 2 aromatic heterocycles. The van der Waals surface area contributed by atoms with E-state index in [1.807, 2.05) is 6.20 Å². The SMILES string of the molecule is CCc1ccc(-c2cc(N3CCC4(CCC4)C3)c3ccc(N(C)C)cc3n2)nc1. The van der Waals surface area contributed by atoms with Crippen molar-refractivity contribution in [2.45, 2.75) is 39.0 Å². The molecule has 1 saturated carbocycles. The lowest BCUT2D eigenvalue weighted by atomic mass is 9.68. The van der Waals surface area contributed by atoms with Crippen LogP contribution in [0.4, 0.5) is 11.4 Å². The zero-order valence-corrected chi connectivity index (χ0v) is 17.8. The Bertz CT molecular complexity index is 1030. The summed E-state index contributed by atoms with van der Waals surface area (Å²) < 4.78 is 0. The minimum atomic E-state index is 0.570. The molecule has 150 valence electrons. The normalized spacial score (nSPS) is 17.7. The van der Waals surface area contributed by atoms with Gasteiger partial charge in [0.25, 0.3) is 0 Å². The van der Waals surface area contributed by atoms with Gasteiger partial charge < -0.3 is 9.80 Å². The van der Waals surface area contributed by atoms with E-state index in [2.05, 4.69) is 67.2 Å². The maximum atomic E-state index is 5.03. The fourth-order valence-corrected chi connectivity index (χ4v) is 4.88. The van der Waals surface area contributed by atoms with Crippen LogP contribution in [0.1, 0.15) is 38.2 Å². The molecule has 0 atom stereocenters. The molecule has 29 heavy (non-hydrogen) atoms. The van der Waals surface area contributed by atoms with Gasteiger partial charge in [0.05, 0.1) is 16.9 Å². The van der Waals surface area contributed by atoms with Crippen LogP contribution in [0.3, 0.4) is 0 Å². The van der Waals surface area contributed by atoms with Gasteiger partial charge in [-0.3, -0.25) is 4.98 Å². The van der Waals surface area contributed by atoms with Crippen LogP contribution in [0, 0.1) is 5.41 Å². The molecule has 5 rings (SSSR count). The van der Waals surface area contributed by atoms with Crippen LogP contribution in [0.15, 0.2) is 42.6 Å². The average Bonchev–Trinajstić information content (AvgIpc) is 3.19. The van der Waals surface area contributed by atoms with Gasteiger partial charge in [0, 0.05) is 50.1 Å². The summed E-state index contributed by atoms with van der Waals surface area (Å²) in [4.78, 5) is 14.5. The average molecular weight is 387 g/mol. The van der Waals surface area contributed by atoms with Gasteiger partial charge in [0.15, 0.2) is 0 Å². The fraction of sp³-hybridized carbons (Fsp3) is 0.440. The van der Waals surface area contributed by atoms with Crippen LogP contribution in [-0.2, 0) is 6.42 Å². The highest BCUT2D eigenvalue weighted by Crippen LogP contribution is 2.49. The van der Waals surface area contributed by atoms with Crippen molar-refractivity contribution in [3.05, 3.63) is 48.2 Å². The lowest BCUT2D eigenvalue weighted by molar-refractivity contribution is 0.165. The smallest absolute Gasteiger partial charge is 0.0914 e. The quantitative estimate of drug-likeness (QED) is 0.609. The van der Waals surface area contributed by atoms with E-state index >= 15 is 0 Å². The van der Waals surface area contributed by atoms with E-state index in [-0.39, 0.29) is 0 Å². The predicted octanol–water partition coefficient (Wildman–Crippen LogP) is 5.31.